The molecule has 0 saturated carbocycles. The third kappa shape index (κ3) is 3.82. The number of carbonyl (C=O) groups excluding carboxylic acids is 2. The Bertz CT molecular complexity index is 771. The topological polar surface area (TPSA) is 73.7 Å². The molecule has 1 unspecified atom stereocenters. The molecule has 7 nitrogen and oxygen atoms in total. The minimum absolute atomic E-state index is 0.0681. The lowest BCUT2D eigenvalue weighted by molar-refractivity contribution is -0.150. The van der Waals surface area contributed by atoms with E-state index in [0.29, 0.717) is 25.4 Å². The maximum atomic E-state index is 12.0. The Hall–Kier alpha value is -2.41. The second-order valence-electron chi connectivity index (χ2n) is 6.22. The highest BCUT2D eigenvalue weighted by molar-refractivity contribution is 5.94. The summed E-state index contributed by atoms with van der Waals surface area (Å²) in [6.07, 6.45) is 3.58. The molecule has 0 spiro atoms. The van der Waals surface area contributed by atoms with Gasteiger partial charge in [0.1, 0.15) is 0 Å². The average molecular weight is 345 g/mol. The van der Waals surface area contributed by atoms with Crippen molar-refractivity contribution >= 4 is 22.8 Å². The average Bonchev–Trinajstić information content (AvgIpc) is 3.03. The van der Waals surface area contributed by atoms with E-state index in [9.17, 15) is 9.59 Å². The molecule has 1 atom stereocenters. The molecule has 0 N–H and O–H groups in total. The van der Waals surface area contributed by atoms with Crippen molar-refractivity contribution in [3.05, 3.63) is 30.0 Å². The predicted molar refractivity (Wildman–Crippen MR) is 92.0 cm³/mol. The first-order valence-corrected chi connectivity index (χ1v) is 8.55. The summed E-state index contributed by atoms with van der Waals surface area (Å²) in [4.78, 5) is 25.8. The van der Waals surface area contributed by atoms with Gasteiger partial charge in [0.15, 0.2) is 0 Å². The minimum atomic E-state index is -0.358. The molecule has 1 aromatic carbocycles. The van der Waals surface area contributed by atoms with Crippen molar-refractivity contribution in [2.75, 3.05) is 26.8 Å². The summed E-state index contributed by atoms with van der Waals surface area (Å²) in [5, 5.41) is 5.32. The number of esters is 2. The predicted octanol–water partition coefficient (Wildman–Crippen LogP) is 2.06. The second kappa shape index (κ2) is 7.65. The maximum absolute atomic E-state index is 12.0. The van der Waals surface area contributed by atoms with Crippen LogP contribution in [0.25, 0.3) is 10.9 Å². The zero-order valence-electron chi connectivity index (χ0n) is 14.6. The van der Waals surface area contributed by atoms with E-state index in [0.717, 1.165) is 30.3 Å². The summed E-state index contributed by atoms with van der Waals surface area (Å²) in [7, 11) is 1.37. The van der Waals surface area contributed by atoms with E-state index >= 15 is 0 Å². The fourth-order valence-corrected chi connectivity index (χ4v) is 3.27. The highest BCUT2D eigenvalue weighted by Gasteiger charge is 2.27. The van der Waals surface area contributed by atoms with Crippen molar-refractivity contribution in [3.8, 4) is 0 Å². The first kappa shape index (κ1) is 17.4. The van der Waals surface area contributed by atoms with Gasteiger partial charge in [-0.15, -0.1) is 0 Å². The molecule has 1 fully saturated rings. The molecule has 1 aliphatic rings. The third-order valence-corrected chi connectivity index (χ3v) is 4.52. The molecule has 134 valence electrons. The van der Waals surface area contributed by atoms with Crippen LogP contribution in [0.4, 0.5) is 0 Å². The van der Waals surface area contributed by atoms with Crippen LogP contribution in [0.5, 0.6) is 0 Å². The van der Waals surface area contributed by atoms with Gasteiger partial charge < -0.3 is 9.47 Å². The normalized spacial score (nSPS) is 18.2. The molecular formula is C18H23N3O4. The first-order chi connectivity index (χ1) is 12.1. The van der Waals surface area contributed by atoms with Crippen LogP contribution in [0.15, 0.2) is 24.4 Å². The Morgan fingerprint density at radius 3 is 2.96 bits per heavy atom. The minimum Gasteiger partial charge on any atom is -0.466 e. The molecule has 0 radical (unpaired) electrons. The first-order valence-electron chi connectivity index (χ1n) is 8.55. The van der Waals surface area contributed by atoms with Gasteiger partial charge in [0.05, 0.1) is 43.6 Å². The fraction of sp³-hybridized carbons (Fsp3) is 0.500. The number of ether oxygens (including phenoxy) is 2. The number of hydrogen-bond donors (Lipinski definition) is 0. The number of nitrogens with zero attached hydrogens (tertiary/aromatic N) is 3. The highest BCUT2D eigenvalue weighted by atomic mass is 16.5. The zero-order valence-corrected chi connectivity index (χ0v) is 14.6. The number of rotatable bonds is 5. The van der Waals surface area contributed by atoms with Gasteiger partial charge in [-0.1, -0.05) is 0 Å². The number of aromatic nitrogens is 2. The number of hydrogen-bond acceptors (Lipinski definition) is 6. The van der Waals surface area contributed by atoms with Crippen LogP contribution >= 0.6 is 0 Å². The molecule has 0 aliphatic carbocycles. The van der Waals surface area contributed by atoms with Crippen LogP contribution in [0.3, 0.4) is 0 Å². The van der Waals surface area contributed by atoms with Crippen LogP contribution in [0, 0.1) is 5.92 Å². The highest BCUT2D eigenvalue weighted by Crippen LogP contribution is 2.21. The summed E-state index contributed by atoms with van der Waals surface area (Å²) in [5.41, 5.74) is 1.46. The van der Waals surface area contributed by atoms with Gasteiger partial charge in [-0.25, -0.2) is 4.79 Å². The fourth-order valence-electron chi connectivity index (χ4n) is 3.27. The molecule has 7 heteroatoms. The van der Waals surface area contributed by atoms with Gasteiger partial charge in [0.25, 0.3) is 0 Å². The number of fused-ring (bicyclic) bond motifs is 1. The summed E-state index contributed by atoms with van der Waals surface area (Å²) in [5.74, 6) is -0.537. The lowest BCUT2D eigenvalue weighted by Gasteiger charge is -2.31. The third-order valence-electron chi connectivity index (χ3n) is 4.52. The van der Waals surface area contributed by atoms with Gasteiger partial charge in [-0.3, -0.25) is 14.4 Å². The van der Waals surface area contributed by atoms with Crippen molar-refractivity contribution < 1.29 is 19.1 Å². The number of carbonyl (C=O) groups is 2. The Kier molecular flexibility index (Phi) is 5.33. The zero-order chi connectivity index (χ0) is 17.8. The van der Waals surface area contributed by atoms with E-state index in [2.05, 4.69) is 10.00 Å². The van der Waals surface area contributed by atoms with E-state index in [1.165, 1.54) is 7.11 Å². The molecular weight excluding hydrogens is 322 g/mol. The lowest BCUT2D eigenvalue weighted by atomic mass is 9.98. The Morgan fingerprint density at radius 2 is 2.20 bits per heavy atom. The Morgan fingerprint density at radius 1 is 1.36 bits per heavy atom. The number of benzene rings is 1. The summed E-state index contributed by atoms with van der Waals surface area (Å²) >= 11 is 0. The molecule has 2 aromatic rings. The monoisotopic (exact) mass is 345 g/mol. The molecule has 1 aliphatic heterocycles. The van der Waals surface area contributed by atoms with Gasteiger partial charge in [-0.05, 0) is 44.5 Å². The number of likely N-dealkylation sites (tertiary alicyclic amines) is 1. The molecule has 1 aromatic heterocycles. The molecule has 3 rings (SSSR count). The summed E-state index contributed by atoms with van der Waals surface area (Å²) < 4.78 is 11.8. The number of methoxy groups -OCH3 is 1. The molecule has 25 heavy (non-hydrogen) atoms. The van der Waals surface area contributed by atoms with E-state index in [-0.39, 0.29) is 17.9 Å². The van der Waals surface area contributed by atoms with E-state index in [1.54, 1.807) is 18.3 Å². The Labute approximate surface area is 146 Å². The second-order valence-corrected chi connectivity index (χ2v) is 6.22. The molecule has 2 heterocycles. The van der Waals surface area contributed by atoms with Gasteiger partial charge in [0.2, 0.25) is 0 Å². The van der Waals surface area contributed by atoms with Crippen LogP contribution in [-0.2, 0) is 20.9 Å². The molecule has 0 amide bonds. The van der Waals surface area contributed by atoms with Gasteiger partial charge in [-0.2, -0.15) is 5.10 Å². The largest absolute Gasteiger partial charge is 0.466 e. The lowest BCUT2D eigenvalue weighted by Crippen LogP contribution is -2.40. The van der Waals surface area contributed by atoms with Crippen molar-refractivity contribution in [3.63, 3.8) is 0 Å². The quantitative estimate of drug-likeness (QED) is 0.772. The summed E-state index contributed by atoms with van der Waals surface area (Å²) in [6, 6.07) is 5.40. The van der Waals surface area contributed by atoms with E-state index < -0.39 is 0 Å². The standard InChI is InChI=1S/C18H23N3O4/c1-3-25-18(23)14-5-4-8-20(11-14)12-21-16-7-6-13(17(22)24-2)9-15(16)10-19-21/h6-7,9-10,14H,3-5,8,11-12H2,1-2H3. The van der Waals surface area contributed by atoms with Gasteiger partial charge >= 0.3 is 11.9 Å². The van der Waals surface area contributed by atoms with Crippen molar-refractivity contribution in [2.45, 2.75) is 26.4 Å². The Balaban J connectivity index is 1.72. The van der Waals surface area contributed by atoms with Crippen molar-refractivity contribution in [1.29, 1.82) is 0 Å². The van der Waals surface area contributed by atoms with Crippen LogP contribution in [0.2, 0.25) is 0 Å². The van der Waals surface area contributed by atoms with Crippen LogP contribution < -0.4 is 0 Å². The van der Waals surface area contributed by atoms with E-state index in [1.807, 2.05) is 17.7 Å². The smallest absolute Gasteiger partial charge is 0.337 e. The molecule has 1 saturated heterocycles. The molecule has 0 bridgehead atoms. The van der Waals surface area contributed by atoms with Crippen LogP contribution in [0.1, 0.15) is 30.1 Å². The van der Waals surface area contributed by atoms with Crippen LogP contribution in [-0.4, -0.2) is 53.4 Å². The number of piperidine rings is 1. The van der Waals surface area contributed by atoms with E-state index in [4.69, 9.17) is 9.47 Å². The van der Waals surface area contributed by atoms with Gasteiger partial charge in [0, 0.05) is 11.9 Å². The summed E-state index contributed by atoms with van der Waals surface area (Å²) in [6.45, 7) is 4.47. The van der Waals surface area contributed by atoms with Crippen molar-refractivity contribution in [1.82, 2.24) is 14.7 Å². The SMILES string of the molecule is CCOC(=O)C1CCCN(Cn2ncc3cc(C(=O)OC)ccc32)C1. The van der Waals surface area contributed by atoms with Crippen molar-refractivity contribution in [2.24, 2.45) is 5.92 Å². The maximum Gasteiger partial charge on any atom is 0.337 e.